The predicted octanol–water partition coefficient (Wildman–Crippen LogP) is 2.19. The van der Waals surface area contributed by atoms with Crippen molar-refractivity contribution in [2.45, 2.75) is 57.0 Å². The van der Waals surface area contributed by atoms with Crippen LogP contribution in [0.4, 0.5) is 4.39 Å². The molecule has 0 spiro atoms. The molecule has 1 aliphatic carbocycles. The number of hydrogen-bond acceptors (Lipinski definition) is 3. The van der Waals surface area contributed by atoms with E-state index in [-0.39, 0.29) is 17.3 Å². The summed E-state index contributed by atoms with van der Waals surface area (Å²) < 4.78 is 16.2. The summed E-state index contributed by atoms with van der Waals surface area (Å²) in [6.07, 6.45) is 4.79. The lowest BCUT2D eigenvalue weighted by molar-refractivity contribution is 0.391. The molecule has 1 fully saturated rings. The Balaban J connectivity index is 1.36. The van der Waals surface area contributed by atoms with Crippen LogP contribution < -0.4 is 10.6 Å². The largest absolute Gasteiger partial charge is 0.356 e. The molecule has 4 rings (SSSR count). The molecule has 0 amide bonds. The van der Waals surface area contributed by atoms with Gasteiger partial charge in [-0.1, -0.05) is 25.1 Å². The second-order valence-electron chi connectivity index (χ2n) is 7.55. The second-order valence-corrected chi connectivity index (χ2v) is 7.55. The third-order valence-electron chi connectivity index (χ3n) is 5.68. The number of rotatable bonds is 5. The van der Waals surface area contributed by atoms with Crippen LogP contribution in [0.15, 0.2) is 29.3 Å². The van der Waals surface area contributed by atoms with Crippen LogP contribution in [0.3, 0.4) is 0 Å². The molecule has 2 aliphatic rings. The van der Waals surface area contributed by atoms with Crippen LogP contribution in [0.1, 0.15) is 43.4 Å². The molecule has 6 nitrogen and oxygen atoms in total. The molecule has 27 heavy (non-hydrogen) atoms. The fourth-order valence-electron chi connectivity index (χ4n) is 3.85. The number of nitrogens with zero attached hydrogens (tertiary/aromatic N) is 4. The summed E-state index contributed by atoms with van der Waals surface area (Å²) in [6.45, 7) is 3.56. The quantitative estimate of drug-likeness (QED) is 0.625. The molecule has 2 aromatic rings. The average molecular weight is 370 g/mol. The summed E-state index contributed by atoms with van der Waals surface area (Å²) in [5, 5.41) is 11.5. The zero-order chi connectivity index (χ0) is 18.9. The van der Waals surface area contributed by atoms with Gasteiger partial charge in [-0.2, -0.15) is 5.10 Å². The number of aryl methyl sites for hydroxylation is 2. The smallest absolute Gasteiger partial charge is 0.191 e. The van der Waals surface area contributed by atoms with Crippen molar-refractivity contribution >= 4 is 5.96 Å². The summed E-state index contributed by atoms with van der Waals surface area (Å²) in [6, 6.07) is 7.37. The van der Waals surface area contributed by atoms with E-state index in [0.29, 0.717) is 6.54 Å². The van der Waals surface area contributed by atoms with E-state index >= 15 is 0 Å². The van der Waals surface area contributed by atoms with Crippen molar-refractivity contribution in [1.29, 1.82) is 0 Å². The third-order valence-corrected chi connectivity index (χ3v) is 5.68. The normalized spacial score (nSPS) is 20.9. The molecule has 1 unspecified atom stereocenters. The average Bonchev–Trinajstić information content (AvgIpc) is 3.36. The van der Waals surface area contributed by atoms with Gasteiger partial charge in [0.05, 0.1) is 6.54 Å². The van der Waals surface area contributed by atoms with E-state index < -0.39 is 0 Å². The standard InChI is InChI=1S/C20H27FN6/c1-3-17-25-18-9-8-14(12-27(18)26-17)24-19(22-2)23-13-20(10-11-20)15-6-4-5-7-16(15)21/h4-7,14H,3,8-13H2,1-2H3,(H2,22,23,24). The van der Waals surface area contributed by atoms with Gasteiger partial charge in [0.2, 0.25) is 0 Å². The van der Waals surface area contributed by atoms with E-state index in [4.69, 9.17) is 0 Å². The van der Waals surface area contributed by atoms with Crippen molar-refractivity contribution in [2.75, 3.05) is 13.6 Å². The molecule has 2 heterocycles. The number of aromatic nitrogens is 3. The SMILES string of the molecule is CCc1nc2n(n1)CC(NC(=NC)NCC1(c3ccccc3F)CC1)CC2. The molecular formula is C20H27FN6. The van der Waals surface area contributed by atoms with Gasteiger partial charge in [-0.05, 0) is 30.9 Å². The molecule has 1 atom stereocenters. The van der Waals surface area contributed by atoms with Crippen LogP contribution in [0.5, 0.6) is 0 Å². The Morgan fingerprint density at radius 1 is 1.37 bits per heavy atom. The van der Waals surface area contributed by atoms with Crippen molar-refractivity contribution in [3.05, 3.63) is 47.3 Å². The third kappa shape index (κ3) is 3.68. The maximum atomic E-state index is 14.2. The monoisotopic (exact) mass is 370 g/mol. The van der Waals surface area contributed by atoms with Gasteiger partial charge in [0.1, 0.15) is 11.6 Å². The fraction of sp³-hybridized carbons (Fsp3) is 0.550. The van der Waals surface area contributed by atoms with Gasteiger partial charge in [0, 0.05) is 37.9 Å². The molecule has 0 radical (unpaired) electrons. The molecule has 144 valence electrons. The van der Waals surface area contributed by atoms with Crippen molar-refractivity contribution in [3.8, 4) is 0 Å². The zero-order valence-corrected chi connectivity index (χ0v) is 16.0. The number of aliphatic imine (C=N–C) groups is 1. The Morgan fingerprint density at radius 2 is 2.19 bits per heavy atom. The Kier molecular flexibility index (Phi) is 4.85. The fourth-order valence-corrected chi connectivity index (χ4v) is 3.85. The summed E-state index contributed by atoms with van der Waals surface area (Å²) in [4.78, 5) is 8.93. The van der Waals surface area contributed by atoms with E-state index in [1.807, 2.05) is 16.8 Å². The predicted molar refractivity (Wildman–Crippen MR) is 103 cm³/mol. The number of halogens is 1. The summed E-state index contributed by atoms with van der Waals surface area (Å²) in [5.74, 6) is 2.64. The molecule has 1 saturated carbocycles. The topological polar surface area (TPSA) is 67.1 Å². The Bertz CT molecular complexity index is 839. The van der Waals surface area contributed by atoms with E-state index in [1.54, 1.807) is 19.2 Å². The van der Waals surface area contributed by atoms with E-state index in [2.05, 4.69) is 32.6 Å². The number of guanidine groups is 1. The molecule has 0 bridgehead atoms. The van der Waals surface area contributed by atoms with Crippen LogP contribution in [0.2, 0.25) is 0 Å². The highest BCUT2D eigenvalue weighted by Gasteiger charge is 2.45. The van der Waals surface area contributed by atoms with Gasteiger partial charge in [-0.3, -0.25) is 4.99 Å². The Labute approximate surface area is 159 Å². The lowest BCUT2D eigenvalue weighted by atomic mass is 9.95. The van der Waals surface area contributed by atoms with Gasteiger partial charge >= 0.3 is 0 Å². The molecule has 1 aromatic heterocycles. The van der Waals surface area contributed by atoms with Crippen LogP contribution in [-0.4, -0.2) is 40.4 Å². The molecule has 7 heteroatoms. The summed E-state index contributed by atoms with van der Waals surface area (Å²) in [7, 11) is 1.77. The van der Waals surface area contributed by atoms with E-state index in [9.17, 15) is 4.39 Å². The second kappa shape index (κ2) is 7.29. The summed E-state index contributed by atoms with van der Waals surface area (Å²) in [5.41, 5.74) is 0.704. The Hall–Kier alpha value is -2.44. The highest BCUT2D eigenvalue weighted by atomic mass is 19.1. The first-order chi connectivity index (χ1) is 13.1. The molecule has 2 N–H and O–H groups in total. The minimum Gasteiger partial charge on any atom is -0.356 e. The number of fused-ring (bicyclic) bond motifs is 1. The van der Waals surface area contributed by atoms with E-state index in [1.165, 1.54) is 0 Å². The first-order valence-corrected chi connectivity index (χ1v) is 9.78. The minimum atomic E-state index is -0.113. The van der Waals surface area contributed by atoms with Crippen molar-refractivity contribution in [2.24, 2.45) is 4.99 Å². The highest BCUT2D eigenvalue weighted by molar-refractivity contribution is 5.80. The van der Waals surface area contributed by atoms with Gasteiger partial charge < -0.3 is 10.6 Å². The van der Waals surface area contributed by atoms with Gasteiger partial charge in [-0.15, -0.1) is 0 Å². The van der Waals surface area contributed by atoms with Crippen LogP contribution in [0, 0.1) is 5.82 Å². The number of hydrogen-bond donors (Lipinski definition) is 2. The van der Waals surface area contributed by atoms with Crippen molar-refractivity contribution < 1.29 is 4.39 Å². The number of nitrogens with one attached hydrogen (secondary N) is 2. The summed E-state index contributed by atoms with van der Waals surface area (Å²) >= 11 is 0. The lowest BCUT2D eigenvalue weighted by Gasteiger charge is -2.26. The van der Waals surface area contributed by atoms with E-state index in [0.717, 1.165) is 61.8 Å². The molecule has 1 aliphatic heterocycles. The van der Waals surface area contributed by atoms with Crippen LogP contribution in [0.25, 0.3) is 0 Å². The molecule has 0 saturated heterocycles. The Morgan fingerprint density at radius 3 is 2.89 bits per heavy atom. The zero-order valence-electron chi connectivity index (χ0n) is 16.0. The van der Waals surface area contributed by atoms with Gasteiger partial charge in [0.25, 0.3) is 0 Å². The number of benzene rings is 1. The maximum absolute atomic E-state index is 14.2. The van der Waals surface area contributed by atoms with Crippen molar-refractivity contribution in [1.82, 2.24) is 25.4 Å². The molecular weight excluding hydrogens is 343 g/mol. The minimum absolute atomic E-state index is 0.107. The highest BCUT2D eigenvalue weighted by Crippen LogP contribution is 2.48. The van der Waals surface area contributed by atoms with Gasteiger partial charge in [-0.25, -0.2) is 14.1 Å². The first-order valence-electron chi connectivity index (χ1n) is 9.78. The van der Waals surface area contributed by atoms with Crippen molar-refractivity contribution in [3.63, 3.8) is 0 Å². The lowest BCUT2D eigenvalue weighted by Crippen LogP contribution is -2.48. The van der Waals surface area contributed by atoms with Gasteiger partial charge in [0.15, 0.2) is 11.8 Å². The molecule has 1 aromatic carbocycles. The maximum Gasteiger partial charge on any atom is 0.191 e. The van der Waals surface area contributed by atoms with Crippen LogP contribution in [-0.2, 0) is 24.8 Å². The van der Waals surface area contributed by atoms with Crippen LogP contribution >= 0.6 is 0 Å². The first kappa shape index (κ1) is 17.9.